The highest BCUT2D eigenvalue weighted by atomic mass is 16.4. The molecular weight excluding hydrogens is 318 g/mol. The number of hydrogen-bond acceptors (Lipinski definition) is 2. The van der Waals surface area contributed by atoms with Crippen molar-refractivity contribution >= 4 is 17.3 Å². The number of rotatable bonds is 1. The second kappa shape index (κ2) is 5.77. The second-order valence-electron chi connectivity index (χ2n) is 8.54. The monoisotopic (exact) mass is 345 g/mol. The zero-order valence-corrected chi connectivity index (χ0v) is 16.6. The molecule has 0 spiro atoms. The Balaban J connectivity index is 1.97. The molecule has 0 amide bonds. The van der Waals surface area contributed by atoms with Crippen LogP contribution >= 0.6 is 0 Å². The van der Waals surface area contributed by atoms with Crippen LogP contribution in [0.2, 0.25) is 0 Å². The van der Waals surface area contributed by atoms with Crippen LogP contribution in [-0.4, -0.2) is 0 Å². The highest BCUT2D eigenvalue weighted by molar-refractivity contribution is 5.84. The van der Waals surface area contributed by atoms with Gasteiger partial charge in [-0.15, -0.1) is 0 Å². The van der Waals surface area contributed by atoms with Crippen LogP contribution in [0.15, 0.2) is 46.9 Å². The van der Waals surface area contributed by atoms with Gasteiger partial charge in [0.15, 0.2) is 0 Å². The first-order valence-corrected chi connectivity index (χ1v) is 9.35. The molecule has 0 fully saturated rings. The van der Waals surface area contributed by atoms with Gasteiger partial charge in [0.1, 0.15) is 5.76 Å². The molecule has 1 aliphatic rings. The maximum atomic E-state index is 6.16. The summed E-state index contributed by atoms with van der Waals surface area (Å²) < 4.78 is 6.16. The zero-order chi connectivity index (χ0) is 18.6. The lowest BCUT2D eigenvalue weighted by Gasteiger charge is -2.33. The molecular formula is C24H27NO. The van der Waals surface area contributed by atoms with Crippen molar-refractivity contribution in [2.75, 3.05) is 4.90 Å². The molecule has 2 nitrogen and oxygen atoms in total. The molecule has 2 heterocycles. The normalized spacial score (nSPS) is 13.5. The molecule has 1 aliphatic heterocycles. The average molecular weight is 345 g/mol. The number of nitrogens with zero attached hydrogens (tertiary/aromatic N) is 1. The molecule has 2 aromatic carbocycles. The topological polar surface area (TPSA) is 16.4 Å². The summed E-state index contributed by atoms with van der Waals surface area (Å²) in [5.74, 6) is 1.94. The first-order chi connectivity index (χ1) is 12.3. The van der Waals surface area contributed by atoms with Crippen molar-refractivity contribution in [1.29, 1.82) is 0 Å². The predicted molar refractivity (Wildman–Crippen MR) is 109 cm³/mol. The van der Waals surface area contributed by atoms with Gasteiger partial charge in [-0.2, -0.15) is 0 Å². The molecule has 0 unspecified atom stereocenters. The molecule has 0 N–H and O–H groups in total. The minimum absolute atomic E-state index is 0.139. The van der Waals surface area contributed by atoms with Gasteiger partial charge in [-0.1, -0.05) is 51.1 Å². The third kappa shape index (κ3) is 2.65. The first kappa shape index (κ1) is 17.0. The van der Waals surface area contributed by atoms with E-state index in [-0.39, 0.29) is 5.41 Å². The Hall–Kier alpha value is -2.48. The van der Waals surface area contributed by atoms with Gasteiger partial charge < -0.3 is 4.42 Å². The van der Waals surface area contributed by atoms with Crippen molar-refractivity contribution in [2.45, 2.75) is 53.4 Å². The second-order valence-corrected chi connectivity index (χ2v) is 8.54. The van der Waals surface area contributed by atoms with Crippen LogP contribution in [-0.2, 0) is 11.8 Å². The molecule has 0 bridgehead atoms. The minimum atomic E-state index is 0.139. The molecule has 0 saturated carbocycles. The van der Waals surface area contributed by atoms with Crippen molar-refractivity contribution in [1.82, 2.24) is 0 Å². The largest absolute Gasteiger partial charge is 0.445 e. The third-order valence-electron chi connectivity index (χ3n) is 5.31. The SMILES string of the molecule is Cc1cc2c(o1)N(c1c(C)cc(C(C)(C)C)cc1C)c1ccccc1C2. The van der Waals surface area contributed by atoms with Gasteiger partial charge in [0.25, 0.3) is 0 Å². The van der Waals surface area contributed by atoms with E-state index in [2.05, 4.69) is 82.0 Å². The molecule has 26 heavy (non-hydrogen) atoms. The fourth-order valence-electron chi connectivity index (χ4n) is 4.03. The summed E-state index contributed by atoms with van der Waals surface area (Å²) >= 11 is 0. The molecule has 3 aromatic rings. The summed E-state index contributed by atoms with van der Waals surface area (Å²) in [5.41, 5.74) is 9.15. The van der Waals surface area contributed by atoms with E-state index in [0.717, 1.165) is 18.1 Å². The summed E-state index contributed by atoms with van der Waals surface area (Å²) in [6.07, 6.45) is 0.928. The molecule has 0 aliphatic carbocycles. The maximum Gasteiger partial charge on any atom is 0.208 e. The van der Waals surface area contributed by atoms with Gasteiger partial charge in [-0.3, -0.25) is 4.90 Å². The minimum Gasteiger partial charge on any atom is -0.445 e. The van der Waals surface area contributed by atoms with Crippen molar-refractivity contribution in [3.05, 3.63) is 76.0 Å². The number of fused-ring (bicyclic) bond motifs is 2. The van der Waals surface area contributed by atoms with E-state index in [1.807, 2.05) is 6.92 Å². The highest BCUT2D eigenvalue weighted by Gasteiger charge is 2.30. The van der Waals surface area contributed by atoms with Gasteiger partial charge in [0.2, 0.25) is 5.88 Å². The lowest BCUT2D eigenvalue weighted by molar-refractivity contribution is 0.537. The number of benzene rings is 2. The molecule has 0 saturated heterocycles. The Morgan fingerprint density at radius 3 is 2.19 bits per heavy atom. The number of anilines is 3. The van der Waals surface area contributed by atoms with E-state index < -0.39 is 0 Å². The Morgan fingerprint density at radius 2 is 1.54 bits per heavy atom. The molecule has 1 aromatic heterocycles. The molecule has 134 valence electrons. The summed E-state index contributed by atoms with van der Waals surface area (Å²) in [6.45, 7) is 13.3. The van der Waals surface area contributed by atoms with Crippen LogP contribution < -0.4 is 4.90 Å². The summed E-state index contributed by atoms with van der Waals surface area (Å²) in [7, 11) is 0. The standard InChI is InChI=1S/C24H27NO/c1-15-11-20(24(4,5)6)12-16(2)22(15)25-21-10-8-7-9-18(21)14-19-13-17(3)26-23(19)25/h7-13H,14H2,1-6H3. The van der Waals surface area contributed by atoms with E-state index in [1.165, 1.54) is 39.2 Å². The summed E-state index contributed by atoms with van der Waals surface area (Å²) in [4.78, 5) is 2.32. The zero-order valence-electron chi connectivity index (χ0n) is 16.6. The molecule has 2 heteroatoms. The van der Waals surface area contributed by atoms with Crippen LogP contribution in [0.25, 0.3) is 0 Å². The Kier molecular flexibility index (Phi) is 3.76. The van der Waals surface area contributed by atoms with E-state index in [1.54, 1.807) is 0 Å². The quantitative estimate of drug-likeness (QED) is 0.374. The Morgan fingerprint density at radius 1 is 0.885 bits per heavy atom. The van der Waals surface area contributed by atoms with E-state index in [4.69, 9.17) is 4.42 Å². The first-order valence-electron chi connectivity index (χ1n) is 9.35. The third-order valence-corrected chi connectivity index (χ3v) is 5.31. The van der Waals surface area contributed by atoms with Crippen LogP contribution in [0.4, 0.5) is 17.3 Å². The average Bonchev–Trinajstić information content (AvgIpc) is 2.92. The Labute approximate surface area is 156 Å². The maximum absolute atomic E-state index is 6.16. The number of para-hydroxylation sites is 1. The Bertz CT molecular complexity index is 965. The fourth-order valence-corrected chi connectivity index (χ4v) is 4.03. The lowest BCUT2D eigenvalue weighted by Crippen LogP contribution is -2.20. The van der Waals surface area contributed by atoms with Gasteiger partial charge in [0, 0.05) is 12.0 Å². The van der Waals surface area contributed by atoms with E-state index in [9.17, 15) is 0 Å². The van der Waals surface area contributed by atoms with Gasteiger partial charge >= 0.3 is 0 Å². The van der Waals surface area contributed by atoms with E-state index >= 15 is 0 Å². The van der Waals surface area contributed by atoms with Gasteiger partial charge in [-0.05, 0) is 60.6 Å². The lowest BCUT2D eigenvalue weighted by atomic mass is 9.84. The smallest absolute Gasteiger partial charge is 0.208 e. The number of aryl methyl sites for hydroxylation is 3. The molecule has 0 radical (unpaired) electrons. The van der Waals surface area contributed by atoms with Crippen LogP contribution in [0.3, 0.4) is 0 Å². The van der Waals surface area contributed by atoms with Gasteiger partial charge in [-0.25, -0.2) is 0 Å². The van der Waals surface area contributed by atoms with Crippen molar-refractivity contribution in [3.63, 3.8) is 0 Å². The molecule has 4 rings (SSSR count). The van der Waals surface area contributed by atoms with Crippen LogP contribution in [0.1, 0.15) is 54.3 Å². The molecule has 0 atom stereocenters. The fraction of sp³-hybridized carbons (Fsp3) is 0.333. The number of furan rings is 1. The van der Waals surface area contributed by atoms with Crippen LogP contribution in [0.5, 0.6) is 0 Å². The van der Waals surface area contributed by atoms with E-state index in [0.29, 0.717) is 0 Å². The summed E-state index contributed by atoms with van der Waals surface area (Å²) in [5, 5.41) is 0. The number of hydrogen-bond donors (Lipinski definition) is 0. The highest BCUT2D eigenvalue weighted by Crippen LogP contribution is 2.47. The van der Waals surface area contributed by atoms with Crippen LogP contribution in [0, 0.1) is 20.8 Å². The van der Waals surface area contributed by atoms with Gasteiger partial charge in [0.05, 0.1) is 11.4 Å². The van der Waals surface area contributed by atoms with Crippen molar-refractivity contribution < 1.29 is 4.42 Å². The van der Waals surface area contributed by atoms with Crippen molar-refractivity contribution in [2.24, 2.45) is 0 Å². The predicted octanol–water partition coefficient (Wildman–Crippen LogP) is 6.88. The summed E-state index contributed by atoms with van der Waals surface area (Å²) in [6, 6.07) is 15.5. The van der Waals surface area contributed by atoms with Crippen molar-refractivity contribution in [3.8, 4) is 0 Å².